The van der Waals surface area contributed by atoms with Gasteiger partial charge >= 0.3 is 0 Å². The van der Waals surface area contributed by atoms with Crippen LogP contribution in [0.15, 0.2) is 30.6 Å². The molecule has 0 saturated heterocycles. The topological polar surface area (TPSA) is 38.9 Å². The number of rotatable bonds is 3. The third-order valence-corrected chi connectivity index (χ3v) is 2.11. The Morgan fingerprint density at radius 1 is 1.46 bits per heavy atom. The smallest absolute Gasteiger partial charge is 0.0340 e. The third kappa shape index (κ3) is 3.38. The van der Waals surface area contributed by atoms with Gasteiger partial charge in [-0.05, 0) is 24.5 Å². The minimum Gasteiger partial charge on any atom is -0.327 e. The van der Waals surface area contributed by atoms with E-state index in [1.807, 2.05) is 25.3 Å². The van der Waals surface area contributed by atoms with Crippen molar-refractivity contribution in [2.75, 3.05) is 0 Å². The molecule has 0 radical (unpaired) electrons. The number of hydrogen-bond acceptors (Lipinski definition) is 2. The highest BCUT2D eigenvalue weighted by Gasteiger charge is 2.01. The normalized spacial score (nSPS) is 15.9. The zero-order chi connectivity index (χ0) is 9.68. The molecular formula is C11H16N2. The fourth-order valence-electron chi connectivity index (χ4n) is 0.913. The molecule has 0 fully saturated rings. The van der Waals surface area contributed by atoms with Crippen LogP contribution in [0.25, 0.3) is 6.08 Å². The van der Waals surface area contributed by atoms with Gasteiger partial charge in [0, 0.05) is 18.4 Å². The quantitative estimate of drug-likeness (QED) is 0.765. The van der Waals surface area contributed by atoms with E-state index in [1.165, 1.54) is 0 Å². The van der Waals surface area contributed by atoms with Gasteiger partial charge in [0.05, 0.1) is 0 Å². The van der Waals surface area contributed by atoms with Crippen LogP contribution in [0.3, 0.4) is 0 Å². The van der Waals surface area contributed by atoms with Crippen LogP contribution < -0.4 is 5.73 Å². The van der Waals surface area contributed by atoms with E-state index in [0.29, 0.717) is 5.92 Å². The number of nitrogens with zero attached hydrogens (tertiary/aromatic N) is 1. The van der Waals surface area contributed by atoms with Crippen molar-refractivity contribution >= 4 is 6.08 Å². The molecule has 0 aliphatic rings. The zero-order valence-corrected chi connectivity index (χ0v) is 8.14. The molecule has 0 bridgehead atoms. The molecule has 0 spiro atoms. The molecule has 1 rings (SSSR count). The predicted octanol–water partition coefficient (Wildman–Crippen LogP) is 2.08. The zero-order valence-electron chi connectivity index (χ0n) is 8.14. The van der Waals surface area contributed by atoms with Gasteiger partial charge in [0.25, 0.3) is 0 Å². The van der Waals surface area contributed by atoms with Crippen molar-refractivity contribution in [3.63, 3.8) is 0 Å². The summed E-state index contributed by atoms with van der Waals surface area (Å²) in [5, 5.41) is 0. The summed E-state index contributed by atoms with van der Waals surface area (Å²) in [6, 6.07) is 4.15. The van der Waals surface area contributed by atoms with E-state index in [2.05, 4.69) is 24.1 Å². The number of aromatic nitrogens is 1. The Balaban J connectivity index is 2.59. The van der Waals surface area contributed by atoms with Crippen LogP contribution in [0, 0.1) is 5.92 Å². The molecule has 1 aromatic rings. The lowest BCUT2D eigenvalue weighted by molar-refractivity contribution is 0.584. The van der Waals surface area contributed by atoms with Gasteiger partial charge in [0.1, 0.15) is 0 Å². The van der Waals surface area contributed by atoms with Gasteiger partial charge in [0.2, 0.25) is 0 Å². The largest absolute Gasteiger partial charge is 0.327 e. The molecule has 0 saturated carbocycles. The minimum atomic E-state index is 0.202. The molecule has 1 aromatic heterocycles. The highest BCUT2D eigenvalue weighted by Crippen LogP contribution is 2.06. The summed E-state index contributed by atoms with van der Waals surface area (Å²) in [5.74, 6) is 0.403. The van der Waals surface area contributed by atoms with Gasteiger partial charge in [-0.25, -0.2) is 0 Å². The molecule has 70 valence electrons. The van der Waals surface area contributed by atoms with Crippen molar-refractivity contribution in [3.8, 4) is 0 Å². The molecule has 2 N–H and O–H groups in total. The fourth-order valence-corrected chi connectivity index (χ4v) is 0.913. The summed E-state index contributed by atoms with van der Waals surface area (Å²) in [5.41, 5.74) is 6.85. The van der Waals surface area contributed by atoms with E-state index in [4.69, 9.17) is 5.73 Å². The molecule has 2 atom stereocenters. The van der Waals surface area contributed by atoms with Crippen molar-refractivity contribution < 1.29 is 0 Å². The second-order valence-electron chi connectivity index (χ2n) is 3.36. The Morgan fingerprint density at radius 3 is 2.77 bits per heavy atom. The summed E-state index contributed by atoms with van der Waals surface area (Å²) in [7, 11) is 0. The van der Waals surface area contributed by atoms with Crippen molar-refractivity contribution in [3.05, 3.63) is 36.2 Å². The lowest BCUT2D eigenvalue weighted by Crippen LogP contribution is -2.22. The summed E-state index contributed by atoms with van der Waals surface area (Å²) in [4.78, 5) is 4.02. The van der Waals surface area contributed by atoms with Gasteiger partial charge < -0.3 is 5.73 Å². The maximum absolute atomic E-state index is 5.73. The molecule has 13 heavy (non-hydrogen) atoms. The molecule has 1 heterocycles. The molecule has 0 aliphatic carbocycles. The summed E-state index contributed by atoms with van der Waals surface area (Å²) in [6.07, 6.45) is 7.78. The van der Waals surface area contributed by atoms with Crippen LogP contribution in [-0.4, -0.2) is 11.0 Å². The molecule has 0 aliphatic heterocycles. The van der Waals surface area contributed by atoms with E-state index in [-0.39, 0.29) is 6.04 Å². The monoisotopic (exact) mass is 176 g/mol. The van der Waals surface area contributed by atoms with Crippen molar-refractivity contribution in [2.45, 2.75) is 19.9 Å². The lowest BCUT2D eigenvalue weighted by Gasteiger charge is -2.09. The first-order chi connectivity index (χ1) is 6.20. The Bertz CT molecular complexity index is 265. The van der Waals surface area contributed by atoms with Gasteiger partial charge in [-0.2, -0.15) is 0 Å². The Hall–Kier alpha value is -1.15. The maximum atomic E-state index is 5.73. The lowest BCUT2D eigenvalue weighted by atomic mass is 10.0. The third-order valence-electron chi connectivity index (χ3n) is 2.11. The van der Waals surface area contributed by atoms with E-state index < -0.39 is 0 Å². The first-order valence-electron chi connectivity index (χ1n) is 4.54. The van der Waals surface area contributed by atoms with Gasteiger partial charge in [0.15, 0.2) is 0 Å². The first-order valence-corrected chi connectivity index (χ1v) is 4.54. The van der Waals surface area contributed by atoms with Gasteiger partial charge in [-0.15, -0.1) is 0 Å². The average Bonchev–Trinajstić information content (AvgIpc) is 2.15. The van der Waals surface area contributed by atoms with E-state index in [1.54, 1.807) is 6.20 Å². The SMILES string of the molecule is CC(N)C(C)/C=C\c1cccnc1. The molecule has 2 unspecified atom stereocenters. The van der Waals surface area contributed by atoms with Crippen LogP contribution in [0.5, 0.6) is 0 Å². The van der Waals surface area contributed by atoms with Crippen LogP contribution in [0.2, 0.25) is 0 Å². The fraction of sp³-hybridized carbons (Fsp3) is 0.364. The number of hydrogen-bond donors (Lipinski definition) is 1. The second-order valence-corrected chi connectivity index (χ2v) is 3.36. The van der Waals surface area contributed by atoms with Crippen LogP contribution in [-0.2, 0) is 0 Å². The average molecular weight is 176 g/mol. The Labute approximate surface area is 79.5 Å². The summed E-state index contributed by atoms with van der Waals surface area (Å²) in [6.45, 7) is 4.12. The van der Waals surface area contributed by atoms with E-state index >= 15 is 0 Å². The molecule has 0 aromatic carbocycles. The first kappa shape index (κ1) is 9.93. The second kappa shape index (κ2) is 4.77. The van der Waals surface area contributed by atoms with Crippen LogP contribution in [0.1, 0.15) is 19.4 Å². The van der Waals surface area contributed by atoms with Crippen LogP contribution in [0.4, 0.5) is 0 Å². The van der Waals surface area contributed by atoms with E-state index in [9.17, 15) is 0 Å². The van der Waals surface area contributed by atoms with Gasteiger partial charge in [-0.1, -0.05) is 25.1 Å². The Morgan fingerprint density at radius 2 is 2.23 bits per heavy atom. The minimum absolute atomic E-state index is 0.202. The van der Waals surface area contributed by atoms with Crippen molar-refractivity contribution in [1.29, 1.82) is 0 Å². The molecule has 0 amide bonds. The highest BCUT2D eigenvalue weighted by molar-refractivity contribution is 5.47. The molecule has 2 heteroatoms. The van der Waals surface area contributed by atoms with Crippen molar-refractivity contribution in [1.82, 2.24) is 4.98 Å². The number of pyridine rings is 1. The Kier molecular flexibility index (Phi) is 3.65. The summed E-state index contributed by atoms with van der Waals surface area (Å²) < 4.78 is 0. The van der Waals surface area contributed by atoms with Crippen LogP contribution >= 0.6 is 0 Å². The highest BCUT2D eigenvalue weighted by atomic mass is 14.6. The van der Waals surface area contributed by atoms with Crippen molar-refractivity contribution in [2.24, 2.45) is 11.7 Å². The van der Waals surface area contributed by atoms with E-state index in [0.717, 1.165) is 5.56 Å². The molecular weight excluding hydrogens is 160 g/mol. The van der Waals surface area contributed by atoms with Gasteiger partial charge in [-0.3, -0.25) is 4.98 Å². The summed E-state index contributed by atoms with van der Waals surface area (Å²) >= 11 is 0. The standard InChI is InChI=1S/C11H16N2/c1-9(10(2)12)5-6-11-4-3-7-13-8-11/h3-10H,12H2,1-2H3/b6-5-. The number of nitrogens with two attached hydrogens (primary N) is 1. The molecule has 2 nitrogen and oxygen atoms in total. The predicted molar refractivity (Wildman–Crippen MR) is 56.1 cm³/mol. The maximum Gasteiger partial charge on any atom is 0.0340 e.